The Balaban J connectivity index is 3.03. The summed E-state index contributed by atoms with van der Waals surface area (Å²) in [5, 5.41) is 8.80. The Labute approximate surface area is 86.4 Å². The molecule has 0 aliphatic carbocycles. The van der Waals surface area contributed by atoms with Crippen LogP contribution < -0.4 is 0 Å². The lowest BCUT2D eigenvalue weighted by atomic mass is 9.86. The average Bonchev–Trinajstić information content (AvgIpc) is 2.06. The molecule has 14 heavy (non-hydrogen) atoms. The number of hydrogen-bond donors (Lipinski definition) is 0. The highest BCUT2D eigenvalue weighted by molar-refractivity contribution is 5.37. The van der Waals surface area contributed by atoms with E-state index in [2.05, 4.69) is 33.8 Å². The topological polar surface area (TPSA) is 23.8 Å². The molecule has 1 heteroatoms. The molecule has 0 atom stereocenters. The molecule has 0 N–H and O–H groups in total. The molecule has 1 aromatic rings. The van der Waals surface area contributed by atoms with Crippen molar-refractivity contribution in [3.63, 3.8) is 0 Å². The van der Waals surface area contributed by atoms with Gasteiger partial charge in [0.05, 0.1) is 11.6 Å². The van der Waals surface area contributed by atoms with E-state index in [4.69, 9.17) is 5.26 Å². The Bertz CT molecular complexity index is 364. The van der Waals surface area contributed by atoms with Gasteiger partial charge >= 0.3 is 0 Å². The molecule has 1 aromatic carbocycles. The molecule has 74 valence electrons. The minimum Gasteiger partial charge on any atom is -0.192 e. The third-order valence-corrected chi connectivity index (χ3v) is 2.20. The average molecular weight is 187 g/mol. The quantitative estimate of drug-likeness (QED) is 0.660. The number of nitriles is 1. The van der Waals surface area contributed by atoms with E-state index in [-0.39, 0.29) is 5.41 Å². The first-order valence-corrected chi connectivity index (χ1v) is 4.92. The van der Waals surface area contributed by atoms with Crippen molar-refractivity contribution in [2.75, 3.05) is 0 Å². The summed E-state index contributed by atoms with van der Waals surface area (Å²) in [6.07, 6.45) is 1.02. The van der Waals surface area contributed by atoms with Gasteiger partial charge in [0.1, 0.15) is 0 Å². The van der Waals surface area contributed by atoms with Crippen molar-refractivity contribution < 1.29 is 0 Å². The van der Waals surface area contributed by atoms with Crippen molar-refractivity contribution in [3.8, 4) is 6.07 Å². The number of aryl methyl sites for hydroxylation is 1. The summed E-state index contributed by atoms with van der Waals surface area (Å²) in [4.78, 5) is 0. The number of benzene rings is 1. The molecule has 0 amide bonds. The normalized spacial score (nSPS) is 11.1. The Kier molecular flexibility index (Phi) is 2.96. The van der Waals surface area contributed by atoms with Gasteiger partial charge in [0.15, 0.2) is 0 Å². The molecule has 0 saturated carbocycles. The second-order valence-electron chi connectivity index (χ2n) is 4.99. The molecule has 0 heterocycles. The highest BCUT2D eigenvalue weighted by atomic mass is 14.2. The highest BCUT2D eigenvalue weighted by Gasteiger charge is 2.12. The third-order valence-electron chi connectivity index (χ3n) is 2.20. The Hall–Kier alpha value is -1.29. The third kappa shape index (κ3) is 2.88. The Morgan fingerprint density at radius 2 is 1.93 bits per heavy atom. The zero-order valence-corrected chi connectivity index (χ0v) is 9.39. The largest absolute Gasteiger partial charge is 0.192 e. The monoisotopic (exact) mass is 187 g/mol. The van der Waals surface area contributed by atoms with Crippen LogP contribution in [0, 0.1) is 23.7 Å². The van der Waals surface area contributed by atoms with Gasteiger partial charge in [-0.15, -0.1) is 0 Å². The van der Waals surface area contributed by atoms with Crippen LogP contribution in [0.15, 0.2) is 18.2 Å². The van der Waals surface area contributed by atoms with Crippen LogP contribution in [0.5, 0.6) is 0 Å². The lowest BCUT2D eigenvalue weighted by Gasteiger charge is -2.19. The maximum absolute atomic E-state index is 8.80. The van der Waals surface area contributed by atoms with Gasteiger partial charge < -0.3 is 0 Å². The van der Waals surface area contributed by atoms with Crippen LogP contribution in [0.1, 0.15) is 37.5 Å². The predicted octanol–water partition coefficient (Wildman–Crippen LogP) is 3.46. The SMILES string of the molecule is Cc1ccc(C#N)cc1CC(C)(C)C. The fraction of sp³-hybridized carbons (Fsp3) is 0.462. The van der Waals surface area contributed by atoms with Crippen LogP contribution in [0.2, 0.25) is 0 Å². The van der Waals surface area contributed by atoms with Gasteiger partial charge in [-0.3, -0.25) is 0 Å². The molecular formula is C13H17N. The van der Waals surface area contributed by atoms with E-state index in [0.29, 0.717) is 0 Å². The van der Waals surface area contributed by atoms with Gasteiger partial charge in [0.2, 0.25) is 0 Å². The van der Waals surface area contributed by atoms with Gasteiger partial charge in [-0.25, -0.2) is 0 Å². The summed E-state index contributed by atoms with van der Waals surface area (Å²) >= 11 is 0. The van der Waals surface area contributed by atoms with E-state index in [1.165, 1.54) is 11.1 Å². The maximum atomic E-state index is 8.80. The molecule has 0 radical (unpaired) electrons. The Morgan fingerprint density at radius 3 is 2.43 bits per heavy atom. The number of hydrogen-bond acceptors (Lipinski definition) is 1. The van der Waals surface area contributed by atoms with E-state index in [1.54, 1.807) is 0 Å². The molecule has 1 rings (SSSR count). The van der Waals surface area contributed by atoms with Crippen molar-refractivity contribution >= 4 is 0 Å². The second-order valence-corrected chi connectivity index (χ2v) is 4.99. The van der Waals surface area contributed by atoms with Crippen LogP contribution in [0.25, 0.3) is 0 Å². The first kappa shape index (κ1) is 10.8. The lowest BCUT2D eigenvalue weighted by Crippen LogP contribution is -2.10. The minimum atomic E-state index is 0.277. The molecule has 1 nitrogen and oxygen atoms in total. The lowest BCUT2D eigenvalue weighted by molar-refractivity contribution is 0.410. The molecule has 0 fully saturated rings. The predicted molar refractivity (Wildman–Crippen MR) is 59.1 cm³/mol. The second kappa shape index (κ2) is 3.84. The van der Waals surface area contributed by atoms with Crippen LogP contribution in [0.4, 0.5) is 0 Å². The van der Waals surface area contributed by atoms with Crippen LogP contribution in [-0.4, -0.2) is 0 Å². The summed E-state index contributed by atoms with van der Waals surface area (Å²) in [6.45, 7) is 8.74. The van der Waals surface area contributed by atoms with Crippen molar-refractivity contribution in [2.24, 2.45) is 5.41 Å². The van der Waals surface area contributed by atoms with Gasteiger partial charge in [-0.1, -0.05) is 26.8 Å². The molecule has 0 aliphatic rings. The van der Waals surface area contributed by atoms with Crippen molar-refractivity contribution in [1.29, 1.82) is 5.26 Å². The molecule has 0 saturated heterocycles. The zero-order chi connectivity index (χ0) is 10.8. The summed E-state index contributed by atoms with van der Waals surface area (Å²) in [6, 6.07) is 8.08. The highest BCUT2D eigenvalue weighted by Crippen LogP contribution is 2.23. The first-order valence-electron chi connectivity index (χ1n) is 4.92. The smallest absolute Gasteiger partial charge is 0.0991 e. The van der Waals surface area contributed by atoms with Crippen molar-refractivity contribution in [3.05, 3.63) is 34.9 Å². The van der Waals surface area contributed by atoms with Crippen LogP contribution in [0.3, 0.4) is 0 Å². The molecule has 0 unspecified atom stereocenters. The molecular weight excluding hydrogens is 170 g/mol. The summed E-state index contributed by atoms with van der Waals surface area (Å²) in [5.41, 5.74) is 3.60. The molecule has 0 bridgehead atoms. The van der Waals surface area contributed by atoms with Gasteiger partial charge in [-0.05, 0) is 42.0 Å². The molecule has 0 spiro atoms. The number of rotatable bonds is 1. The molecule has 0 aliphatic heterocycles. The van der Waals surface area contributed by atoms with E-state index in [0.717, 1.165) is 12.0 Å². The Morgan fingerprint density at radius 1 is 1.29 bits per heavy atom. The van der Waals surface area contributed by atoms with Gasteiger partial charge in [-0.2, -0.15) is 5.26 Å². The fourth-order valence-electron chi connectivity index (χ4n) is 1.50. The van der Waals surface area contributed by atoms with E-state index in [1.807, 2.05) is 18.2 Å². The zero-order valence-electron chi connectivity index (χ0n) is 9.39. The maximum Gasteiger partial charge on any atom is 0.0991 e. The van der Waals surface area contributed by atoms with E-state index < -0.39 is 0 Å². The number of nitrogens with zero attached hydrogens (tertiary/aromatic N) is 1. The van der Waals surface area contributed by atoms with Crippen LogP contribution >= 0.6 is 0 Å². The minimum absolute atomic E-state index is 0.277. The fourth-order valence-corrected chi connectivity index (χ4v) is 1.50. The van der Waals surface area contributed by atoms with E-state index in [9.17, 15) is 0 Å². The first-order chi connectivity index (χ1) is 6.42. The van der Waals surface area contributed by atoms with Gasteiger partial charge in [0.25, 0.3) is 0 Å². The standard InChI is InChI=1S/C13H17N/c1-10-5-6-11(9-14)7-12(10)8-13(2,3)4/h5-7H,8H2,1-4H3. The summed E-state index contributed by atoms with van der Waals surface area (Å²) < 4.78 is 0. The molecule has 0 aromatic heterocycles. The van der Waals surface area contributed by atoms with E-state index >= 15 is 0 Å². The van der Waals surface area contributed by atoms with Crippen molar-refractivity contribution in [1.82, 2.24) is 0 Å². The summed E-state index contributed by atoms with van der Waals surface area (Å²) in [5.74, 6) is 0. The van der Waals surface area contributed by atoms with Crippen LogP contribution in [-0.2, 0) is 6.42 Å². The van der Waals surface area contributed by atoms with Gasteiger partial charge in [0, 0.05) is 0 Å². The summed E-state index contributed by atoms with van der Waals surface area (Å²) in [7, 11) is 0. The van der Waals surface area contributed by atoms with Crippen molar-refractivity contribution in [2.45, 2.75) is 34.1 Å².